The van der Waals surface area contributed by atoms with E-state index in [0.717, 1.165) is 31.2 Å². The van der Waals surface area contributed by atoms with Gasteiger partial charge in [-0.3, -0.25) is 9.89 Å². The molecule has 0 unspecified atom stereocenters. The van der Waals surface area contributed by atoms with Crippen LogP contribution < -0.4 is 0 Å². The van der Waals surface area contributed by atoms with E-state index in [2.05, 4.69) is 10.2 Å². The van der Waals surface area contributed by atoms with Crippen LogP contribution >= 0.6 is 11.6 Å². The van der Waals surface area contributed by atoms with Gasteiger partial charge in [-0.2, -0.15) is 5.10 Å². The molecule has 1 heterocycles. The number of amides is 1. The van der Waals surface area contributed by atoms with Gasteiger partial charge in [0.1, 0.15) is 5.69 Å². The number of hydrogen-bond donors (Lipinski definition) is 2. The number of nitrogens with zero attached hydrogens (tertiary/aromatic N) is 2. The number of carbonyl (C=O) groups excluding carboxylic acids is 1. The number of likely N-dealkylation sites (N-methyl/N-ethyl adjacent to an activating group) is 1. The minimum Gasteiger partial charge on any atom is -0.388 e. The summed E-state index contributed by atoms with van der Waals surface area (Å²) in [4.78, 5) is 14.1. The molecule has 0 saturated heterocycles. The fourth-order valence-electron chi connectivity index (χ4n) is 3.11. The summed E-state index contributed by atoms with van der Waals surface area (Å²) in [6.45, 7) is 0.348. The fraction of sp³-hybridized carbons (Fsp3) is 0.412. The Labute approximate surface area is 140 Å². The summed E-state index contributed by atoms with van der Waals surface area (Å²) in [5, 5.41) is 18.1. The van der Waals surface area contributed by atoms with Crippen LogP contribution in [0.5, 0.6) is 0 Å². The summed E-state index contributed by atoms with van der Waals surface area (Å²) in [6, 6.07) is 9.01. The van der Waals surface area contributed by atoms with Crippen molar-refractivity contribution in [2.75, 3.05) is 13.6 Å². The average Bonchev–Trinajstić information content (AvgIpc) is 3.16. The van der Waals surface area contributed by atoms with Gasteiger partial charge in [0, 0.05) is 24.2 Å². The first kappa shape index (κ1) is 16.0. The summed E-state index contributed by atoms with van der Waals surface area (Å²) in [5.74, 6) is -0.168. The Balaban J connectivity index is 1.71. The smallest absolute Gasteiger partial charge is 0.271 e. The zero-order valence-corrected chi connectivity index (χ0v) is 13.8. The molecule has 122 valence electrons. The van der Waals surface area contributed by atoms with Crippen LogP contribution in [0.25, 0.3) is 11.3 Å². The summed E-state index contributed by atoms with van der Waals surface area (Å²) in [5.41, 5.74) is 1.25. The van der Waals surface area contributed by atoms with E-state index in [4.69, 9.17) is 11.6 Å². The first-order chi connectivity index (χ1) is 11.0. The van der Waals surface area contributed by atoms with Crippen molar-refractivity contribution in [1.82, 2.24) is 15.1 Å². The predicted octanol–water partition coefficient (Wildman–Crippen LogP) is 3.11. The fourth-order valence-corrected chi connectivity index (χ4v) is 3.24. The van der Waals surface area contributed by atoms with E-state index < -0.39 is 5.60 Å². The number of benzene rings is 1. The van der Waals surface area contributed by atoms with E-state index in [1.165, 1.54) is 0 Å². The van der Waals surface area contributed by atoms with E-state index in [1.54, 1.807) is 30.1 Å². The zero-order chi connectivity index (χ0) is 16.4. The third-order valence-electron chi connectivity index (χ3n) is 4.36. The number of aromatic amines is 1. The third kappa shape index (κ3) is 3.57. The lowest BCUT2D eigenvalue weighted by Gasteiger charge is -2.28. The first-order valence-corrected chi connectivity index (χ1v) is 8.14. The molecule has 5 nitrogen and oxygen atoms in total. The quantitative estimate of drug-likeness (QED) is 0.903. The van der Waals surface area contributed by atoms with Crippen LogP contribution in [0.1, 0.15) is 36.2 Å². The van der Waals surface area contributed by atoms with Crippen LogP contribution in [-0.2, 0) is 0 Å². The molecule has 1 aromatic heterocycles. The van der Waals surface area contributed by atoms with Gasteiger partial charge in [0.15, 0.2) is 0 Å². The second-order valence-corrected chi connectivity index (χ2v) is 6.70. The maximum atomic E-state index is 12.5. The van der Waals surface area contributed by atoms with Gasteiger partial charge in [-0.15, -0.1) is 0 Å². The molecule has 6 heteroatoms. The molecule has 2 aromatic rings. The SMILES string of the molecule is CN(CC1(O)CCCC1)C(=O)c1cc(-c2ccc(Cl)cc2)n[nH]1. The monoisotopic (exact) mass is 333 g/mol. The van der Waals surface area contributed by atoms with Crippen LogP contribution in [0.2, 0.25) is 5.02 Å². The molecule has 2 N–H and O–H groups in total. The van der Waals surface area contributed by atoms with E-state index in [9.17, 15) is 9.90 Å². The van der Waals surface area contributed by atoms with E-state index in [-0.39, 0.29) is 5.91 Å². The van der Waals surface area contributed by atoms with E-state index in [1.807, 2.05) is 12.1 Å². The van der Waals surface area contributed by atoms with Crippen LogP contribution in [0, 0.1) is 0 Å². The van der Waals surface area contributed by atoms with Gasteiger partial charge in [0.2, 0.25) is 0 Å². The molecular formula is C17H20ClN3O2. The van der Waals surface area contributed by atoms with E-state index >= 15 is 0 Å². The standard InChI is InChI=1S/C17H20ClN3O2/c1-21(11-17(23)8-2-3-9-17)16(22)15-10-14(19-20-15)12-4-6-13(18)7-5-12/h4-7,10,23H,2-3,8-9,11H2,1H3,(H,19,20). The molecule has 23 heavy (non-hydrogen) atoms. The Morgan fingerprint density at radius 2 is 2.00 bits per heavy atom. The summed E-state index contributed by atoms with van der Waals surface area (Å²) in [7, 11) is 1.71. The largest absolute Gasteiger partial charge is 0.388 e. The minimum atomic E-state index is -0.747. The summed E-state index contributed by atoms with van der Waals surface area (Å²) < 4.78 is 0. The maximum Gasteiger partial charge on any atom is 0.271 e. The Morgan fingerprint density at radius 1 is 1.35 bits per heavy atom. The number of nitrogens with one attached hydrogen (secondary N) is 1. The molecule has 0 spiro atoms. The molecule has 1 fully saturated rings. The highest BCUT2D eigenvalue weighted by molar-refractivity contribution is 6.30. The second kappa shape index (κ2) is 6.34. The van der Waals surface area contributed by atoms with Gasteiger partial charge in [0.25, 0.3) is 5.91 Å². The lowest BCUT2D eigenvalue weighted by Crippen LogP contribution is -2.42. The Hall–Kier alpha value is -1.85. The Bertz CT molecular complexity index is 690. The number of aliphatic hydroxyl groups is 1. The van der Waals surface area contributed by atoms with Gasteiger partial charge in [0.05, 0.1) is 11.3 Å². The van der Waals surface area contributed by atoms with Crippen LogP contribution in [0.15, 0.2) is 30.3 Å². The second-order valence-electron chi connectivity index (χ2n) is 6.27. The van der Waals surface area contributed by atoms with Crippen molar-refractivity contribution >= 4 is 17.5 Å². The number of halogens is 1. The van der Waals surface area contributed by atoms with Crippen molar-refractivity contribution in [3.05, 3.63) is 41.0 Å². The van der Waals surface area contributed by atoms with Crippen LogP contribution in [0.4, 0.5) is 0 Å². The van der Waals surface area contributed by atoms with Crippen LogP contribution in [0.3, 0.4) is 0 Å². The van der Waals surface area contributed by atoms with E-state index in [0.29, 0.717) is 23.0 Å². The molecule has 3 rings (SSSR count). The summed E-state index contributed by atoms with van der Waals surface area (Å²) in [6.07, 6.45) is 3.54. The van der Waals surface area contributed by atoms with Crippen molar-refractivity contribution < 1.29 is 9.90 Å². The molecule has 0 bridgehead atoms. The number of hydrogen-bond acceptors (Lipinski definition) is 3. The molecule has 1 amide bonds. The molecule has 0 radical (unpaired) electrons. The third-order valence-corrected chi connectivity index (χ3v) is 4.61. The zero-order valence-electron chi connectivity index (χ0n) is 13.1. The van der Waals surface area contributed by atoms with Crippen molar-refractivity contribution in [2.24, 2.45) is 0 Å². The van der Waals surface area contributed by atoms with Gasteiger partial charge >= 0.3 is 0 Å². The molecule has 0 aliphatic heterocycles. The molecule has 0 atom stereocenters. The van der Waals surface area contributed by atoms with Crippen molar-refractivity contribution in [1.29, 1.82) is 0 Å². The molecular weight excluding hydrogens is 314 g/mol. The number of rotatable bonds is 4. The molecule has 1 aliphatic carbocycles. The maximum absolute atomic E-state index is 12.5. The average molecular weight is 334 g/mol. The van der Waals surface area contributed by atoms with Gasteiger partial charge in [-0.05, 0) is 31.0 Å². The lowest BCUT2D eigenvalue weighted by atomic mass is 10.0. The first-order valence-electron chi connectivity index (χ1n) is 7.76. The summed E-state index contributed by atoms with van der Waals surface area (Å²) >= 11 is 5.88. The van der Waals surface area contributed by atoms with Gasteiger partial charge in [-0.25, -0.2) is 0 Å². The van der Waals surface area contributed by atoms with Crippen molar-refractivity contribution in [3.63, 3.8) is 0 Å². The molecule has 1 aliphatic rings. The lowest BCUT2D eigenvalue weighted by molar-refractivity contribution is 0.0155. The van der Waals surface area contributed by atoms with Gasteiger partial charge in [-0.1, -0.05) is 36.6 Å². The topological polar surface area (TPSA) is 69.2 Å². The normalized spacial score (nSPS) is 16.5. The number of aromatic nitrogens is 2. The number of carbonyl (C=O) groups is 1. The van der Waals surface area contributed by atoms with Gasteiger partial charge < -0.3 is 10.0 Å². The highest BCUT2D eigenvalue weighted by Crippen LogP contribution is 2.30. The molecule has 1 aromatic carbocycles. The highest BCUT2D eigenvalue weighted by atomic mass is 35.5. The Kier molecular flexibility index (Phi) is 4.41. The highest BCUT2D eigenvalue weighted by Gasteiger charge is 2.33. The Morgan fingerprint density at radius 3 is 2.65 bits per heavy atom. The predicted molar refractivity (Wildman–Crippen MR) is 89.4 cm³/mol. The van der Waals surface area contributed by atoms with Crippen molar-refractivity contribution in [2.45, 2.75) is 31.3 Å². The van der Waals surface area contributed by atoms with Crippen molar-refractivity contribution in [3.8, 4) is 11.3 Å². The minimum absolute atomic E-state index is 0.168. The van der Waals surface area contributed by atoms with Crippen LogP contribution in [-0.4, -0.2) is 45.3 Å². The number of H-pyrrole nitrogens is 1. The molecule has 1 saturated carbocycles.